The summed E-state index contributed by atoms with van der Waals surface area (Å²) in [5, 5.41) is 6.53. The summed E-state index contributed by atoms with van der Waals surface area (Å²) in [6, 6.07) is 0. The Hall–Kier alpha value is -0.870. The molecule has 3 N–H and O–H groups in total. The van der Waals surface area contributed by atoms with E-state index in [1.54, 1.807) is 6.33 Å². The molecule has 0 saturated carbocycles. The molecule has 0 bridgehead atoms. The Balaban J connectivity index is 1.96. The first kappa shape index (κ1) is 9.22. The van der Waals surface area contributed by atoms with Crippen molar-refractivity contribution in [2.24, 2.45) is 0 Å². The molecular weight excluding hydrogens is 152 g/mol. The molecule has 0 aliphatic carbocycles. The van der Waals surface area contributed by atoms with Gasteiger partial charge in [-0.25, -0.2) is 4.98 Å². The number of nitrogens with one attached hydrogen (secondary N) is 3. The molecule has 0 aliphatic rings. The summed E-state index contributed by atoms with van der Waals surface area (Å²) in [6.45, 7) is 6.02. The summed E-state index contributed by atoms with van der Waals surface area (Å²) in [6.07, 6.45) is 3.53. The lowest BCUT2D eigenvalue weighted by molar-refractivity contribution is 0.620. The molecule has 0 aliphatic heterocycles. The molecule has 0 aromatic carbocycles. The zero-order valence-corrected chi connectivity index (χ0v) is 7.43. The van der Waals surface area contributed by atoms with E-state index in [1.807, 2.05) is 6.20 Å². The topological polar surface area (TPSA) is 52.7 Å². The number of aromatic amines is 1. The Kier molecular flexibility index (Phi) is 4.41. The summed E-state index contributed by atoms with van der Waals surface area (Å²) < 4.78 is 0. The van der Waals surface area contributed by atoms with Crippen LogP contribution < -0.4 is 10.6 Å². The number of rotatable bonds is 6. The van der Waals surface area contributed by atoms with Gasteiger partial charge in [-0.2, -0.15) is 0 Å². The number of likely N-dealkylation sites (N-methyl/N-ethyl adjacent to an activating group) is 1. The van der Waals surface area contributed by atoms with Crippen molar-refractivity contribution in [3.8, 4) is 0 Å². The molecule has 0 spiro atoms. The van der Waals surface area contributed by atoms with Gasteiger partial charge in [0.05, 0.1) is 6.33 Å². The molecule has 1 rings (SSSR count). The van der Waals surface area contributed by atoms with Crippen LogP contribution in [0.4, 0.5) is 0 Å². The fraction of sp³-hybridized carbons (Fsp3) is 0.625. The fourth-order valence-corrected chi connectivity index (χ4v) is 0.958. The van der Waals surface area contributed by atoms with Crippen LogP contribution in [0.3, 0.4) is 0 Å². The molecule has 12 heavy (non-hydrogen) atoms. The Morgan fingerprint density at radius 2 is 2.25 bits per heavy atom. The second-order valence-electron chi connectivity index (χ2n) is 2.61. The van der Waals surface area contributed by atoms with Crippen molar-refractivity contribution in [1.29, 1.82) is 0 Å². The lowest BCUT2D eigenvalue weighted by Crippen LogP contribution is -2.26. The van der Waals surface area contributed by atoms with Gasteiger partial charge in [-0.1, -0.05) is 6.92 Å². The highest BCUT2D eigenvalue weighted by Crippen LogP contribution is 1.87. The van der Waals surface area contributed by atoms with E-state index in [0.717, 1.165) is 31.9 Å². The monoisotopic (exact) mass is 168 g/mol. The summed E-state index contributed by atoms with van der Waals surface area (Å²) in [7, 11) is 0. The van der Waals surface area contributed by atoms with Crippen LogP contribution >= 0.6 is 0 Å². The van der Waals surface area contributed by atoms with Crippen LogP contribution in [0.5, 0.6) is 0 Å². The molecule has 0 radical (unpaired) electrons. The normalized spacial score (nSPS) is 10.4. The lowest BCUT2D eigenvalue weighted by Gasteiger charge is -2.02. The summed E-state index contributed by atoms with van der Waals surface area (Å²) in [5.41, 5.74) is 1.13. The first-order valence-corrected chi connectivity index (χ1v) is 4.32. The van der Waals surface area contributed by atoms with Crippen molar-refractivity contribution in [1.82, 2.24) is 20.6 Å². The van der Waals surface area contributed by atoms with Crippen LogP contribution in [-0.4, -0.2) is 29.6 Å². The molecular formula is C8H16N4. The van der Waals surface area contributed by atoms with E-state index in [0.29, 0.717) is 0 Å². The van der Waals surface area contributed by atoms with Gasteiger partial charge in [-0.05, 0) is 6.54 Å². The fourth-order valence-electron chi connectivity index (χ4n) is 0.958. The van der Waals surface area contributed by atoms with Gasteiger partial charge in [0.25, 0.3) is 0 Å². The molecule has 1 aromatic heterocycles. The van der Waals surface area contributed by atoms with Gasteiger partial charge < -0.3 is 15.6 Å². The summed E-state index contributed by atoms with van der Waals surface area (Å²) in [4.78, 5) is 6.96. The molecule has 1 aromatic rings. The van der Waals surface area contributed by atoms with E-state index in [4.69, 9.17) is 0 Å². The van der Waals surface area contributed by atoms with Crippen molar-refractivity contribution >= 4 is 0 Å². The van der Waals surface area contributed by atoms with E-state index >= 15 is 0 Å². The van der Waals surface area contributed by atoms with E-state index in [9.17, 15) is 0 Å². The smallest absolute Gasteiger partial charge is 0.0922 e. The van der Waals surface area contributed by atoms with Crippen molar-refractivity contribution in [2.45, 2.75) is 13.5 Å². The van der Waals surface area contributed by atoms with Gasteiger partial charge in [-0.3, -0.25) is 0 Å². The number of hydrogen-bond donors (Lipinski definition) is 3. The van der Waals surface area contributed by atoms with Gasteiger partial charge >= 0.3 is 0 Å². The van der Waals surface area contributed by atoms with E-state index in [2.05, 4.69) is 27.5 Å². The van der Waals surface area contributed by atoms with E-state index < -0.39 is 0 Å². The Bertz CT molecular complexity index is 183. The second-order valence-corrected chi connectivity index (χ2v) is 2.61. The largest absolute Gasteiger partial charge is 0.347 e. The number of imidazole rings is 1. The Morgan fingerprint density at radius 1 is 1.42 bits per heavy atom. The average Bonchev–Trinajstić information content (AvgIpc) is 2.57. The summed E-state index contributed by atoms with van der Waals surface area (Å²) >= 11 is 0. The zero-order valence-electron chi connectivity index (χ0n) is 7.43. The SMILES string of the molecule is CCNCCNCc1cnc[nH]1. The molecule has 68 valence electrons. The highest BCUT2D eigenvalue weighted by molar-refractivity contribution is 4.92. The molecule has 0 unspecified atom stereocenters. The first-order valence-electron chi connectivity index (χ1n) is 4.32. The summed E-state index contributed by atoms with van der Waals surface area (Å²) in [5.74, 6) is 0. The minimum Gasteiger partial charge on any atom is -0.347 e. The zero-order chi connectivity index (χ0) is 8.65. The van der Waals surface area contributed by atoms with E-state index in [-0.39, 0.29) is 0 Å². The predicted octanol–water partition coefficient (Wildman–Crippen LogP) is 0.109. The maximum Gasteiger partial charge on any atom is 0.0922 e. The number of hydrogen-bond acceptors (Lipinski definition) is 3. The molecule has 4 nitrogen and oxygen atoms in total. The molecule has 0 atom stereocenters. The number of H-pyrrole nitrogens is 1. The maximum absolute atomic E-state index is 3.93. The number of nitrogens with zero attached hydrogens (tertiary/aromatic N) is 1. The van der Waals surface area contributed by atoms with Crippen molar-refractivity contribution in [3.05, 3.63) is 18.2 Å². The second kappa shape index (κ2) is 5.74. The van der Waals surface area contributed by atoms with Gasteiger partial charge in [-0.15, -0.1) is 0 Å². The van der Waals surface area contributed by atoms with Crippen LogP contribution in [0, 0.1) is 0 Å². The quantitative estimate of drug-likeness (QED) is 0.528. The molecule has 0 saturated heterocycles. The Morgan fingerprint density at radius 3 is 2.92 bits per heavy atom. The molecule has 0 fully saturated rings. The van der Waals surface area contributed by atoms with Crippen LogP contribution in [0.2, 0.25) is 0 Å². The third kappa shape index (κ3) is 3.50. The van der Waals surface area contributed by atoms with Gasteiger partial charge in [0.2, 0.25) is 0 Å². The van der Waals surface area contributed by atoms with Crippen molar-refractivity contribution < 1.29 is 0 Å². The molecule has 4 heteroatoms. The Labute approximate surface area is 72.8 Å². The minimum atomic E-state index is 0.866. The third-order valence-corrected chi connectivity index (χ3v) is 1.60. The van der Waals surface area contributed by atoms with Gasteiger partial charge in [0, 0.05) is 31.5 Å². The standard InChI is InChI=1S/C8H16N4/c1-2-9-3-4-10-5-8-6-11-7-12-8/h6-7,9-10H,2-5H2,1H3,(H,11,12). The molecule has 1 heterocycles. The van der Waals surface area contributed by atoms with Crippen LogP contribution in [0.25, 0.3) is 0 Å². The third-order valence-electron chi connectivity index (χ3n) is 1.60. The number of aromatic nitrogens is 2. The van der Waals surface area contributed by atoms with Gasteiger partial charge in [0.15, 0.2) is 0 Å². The predicted molar refractivity (Wildman–Crippen MR) is 48.8 cm³/mol. The molecule has 0 amide bonds. The van der Waals surface area contributed by atoms with Crippen LogP contribution in [0.15, 0.2) is 12.5 Å². The van der Waals surface area contributed by atoms with Crippen molar-refractivity contribution in [2.75, 3.05) is 19.6 Å². The highest BCUT2D eigenvalue weighted by atomic mass is 15.0. The average molecular weight is 168 g/mol. The highest BCUT2D eigenvalue weighted by Gasteiger charge is 1.90. The maximum atomic E-state index is 3.93. The lowest BCUT2D eigenvalue weighted by atomic mass is 10.4. The minimum absolute atomic E-state index is 0.866. The van der Waals surface area contributed by atoms with Gasteiger partial charge in [0.1, 0.15) is 0 Å². The van der Waals surface area contributed by atoms with E-state index in [1.165, 1.54) is 0 Å². The van der Waals surface area contributed by atoms with Crippen molar-refractivity contribution in [3.63, 3.8) is 0 Å². The first-order chi connectivity index (χ1) is 5.93. The van der Waals surface area contributed by atoms with Crippen LogP contribution in [0.1, 0.15) is 12.6 Å². The van der Waals surface area contributed by atoms with Crippen LogP contribution in [-0.2, 0) is 6.54 Å².